The number of fused-ring (bicyclic) bond motifs is 1. The zero-order valence-corrected chi connectivity index (χ0v) is 48.1. The van der Waals surface area contributed by atoms with Gasteiger partial charge < -0.3 is 68.2 Å². The van der Waals surface area contributed by atoms with Crippen LogP contribution in [0.15, 0.2) is 121 Å². The van der Waals surface area contributed by atoms with Crippen LogP contribution in [0.25, 0.3) is 10.9 Å². The Kier molecular flexibility index (Phi) is 24.3. The maximum atomic E-state index is 15.0. The molecule has 1 aromatic heterocycles. The lowest BCUT2D eigenvalue weighted by molar-refractivity contribution is -0.145. The van der Waals surface area contributed by atoms with E-state index in [-0.39, 0.29) is 51.0 Å². The molecule has 1 saturated heterocycles. The van der Waals surface area contributed by atoms with Gasteiger partial charge in [-0.3, -0.25) is 43.2 Å². The Bertz CT molecular complexity index is 3110. The Labute approximate surface area is 493 Å². The van der Waals surface area contributed by atoms with Crippen LogP contribution in [0.2, 0.25) is 0 Å². The van der Waals surface area contributed by atoms with Crippen LogP contribution in [0, 0.1) is 11.8 Å². The molecule has 13 N–H and O–H groups in total. The van der Waals surface area contributed by atoms with Crippen molar-refractivity contribution in [3.63, 3.8) is 0 Å². The maximum Gasteiger partial charge on any atom is 0.326 e. The average Bonchev–Trinajstić information content (AvgIpc) is 4.25. The summed E-state index contributed by atoms with van der Waals surface area (Å²) in [5.41, 5.74) is 9.48. The molecule has 454 valence electrons. The number of benzene rings is 4. The van der Waals surface area contributed by atoms with Crippen LogP contribution in [-0.4, -0.2) is 152 Å². The number of aliphatic hydroxyl groups excluding tert-OH is 1. The number of carboxylic acids is 2. The first-order chi connectivity index (χ1) is 40.6. The number of carbonyl (C=O) groups excluding carboxylic acids is 8. The highest BCUT2D eigenvalue weighted by molar-refractivity contribution is 5.99. The predicted octanol–water partition coefficient (Wildman–Crippen LogP) is 1.79. The number of carboxylic acid groups (broad SMARTS) is 2. The standard InChI is InChI=1S/C62H78N10O13/c1-5-37(4)53(62(84)85)71-59(81)49(33-52(74)75)68-56(78)46(30-39-20-11-7-12-21-39)66-58(80)48(32-41-34-64-44-25-16-15-24-42(41)44)67-57(79)47(31-40-22-13-8-14-23-40)69-60(82)51-26-17-27-72(51)61(83)50(35-73)70-55(77)45(28-36(2)3)65-54(76)43(63)29-38-18-9-6-10-19-38/h6-16,18-25,34,36-37,43,45-51,53,64,73H,5,17,26-33,35,63H2,1-4H3,(H,65,76)(H,66,80)(H,67,79)(H,68,78)(H,69,82)(H,70,77)(H,71,81)(H,74,75)(H,84,85)/t37-,43-,45-,46-,47-,48-,49-,50-,51-,53-/m0/s1. The molecule has 23 heteroatoms. The van der Waals surface area contributed by atoms with Gasteiger partial charge in [0, 0.05) is 42.9 Å². The van der Waals surface area contributed by atoms with E-state index in [4.69, 9.17) is 5.73 Å². The average molecular weight is 1170 g/mol. The second-order valence-electron chi connectivity index (χ2n) is 21.9. The molecule has 85 heavy (non-hydrogen) atoms. The van der Waals surface area contributed by atoms with Crippen LogP contribution >= 0.6 is 0 Å². The number of rotatable bonds is 31. The Morgan fingerprint density at radius 3 is 1.58 bits per heavy atom. The second-order valence-corrected chi connectivity index (χ2v) is 21.9. The minimum atomic E-state index is -1.79. The van der Waals surface area contributed by atoms with E-state index in [1.807, 2.05) is 50.2 Å². The molecular formula is C62H78N10O13. The maximum absolute atomic E-state index is 15.0. The van der Waals surface area contributed by atoms with Gasteiger partial charge in [0.05, 0.1) is 19.1 Å². The summed E-state index contributed by atoms with van der Waals surface area (Å²) < 4.78 is 0. The number of amides is 8. The fourth-order valence-corrected chi connectivity index (χ4v) is 10.2. The van der Waals surface area contributed by atoms with Crippen LogP contribution in [0.4, 0.5) is 0 Å². The minimum Gasteiger partial charge on any atom is -0.481 e. The van der Waals surface area contributed by atoms with Crippen molar-refractivity contribution >= 4 is 70.1 Å². The number of para-hydroxylation sites is 1. The minimum absolute atomic E-state index is 0.0482. The van der Waals surface area contributed by atoms with Gasteiger partial charge in [0.2, 0.25) is 47.3 Å². The normalized spacial score (nSPS) is 16.2. The van der Waals surface area contributed by atoms with Gasteiger partial charge in [-0.25, -0.2) is 4.79 Å². The number of likely N-dealkylation sites (tertiary alicyclic amines) is 1. The highest BCUT2D eigenvalue weighted by atomic mass is 16.4. The molecule has 0 radical (unpaired) electrons. The molecule has 10 atom stereocenters. The van der Waals surface area contributed by atoms with E-state index >= 15 is 0 Å². The smallest absolute Gasteiger partial charge is 0.326 e. The molecule has 1 fully saturated rings. The first kappa shape index (κ1) is 65.2. The lowest BCUT2D eigenvalue weighted by atomic mass is 9.98. The molecule has 1 aliphatic rings. The number of aromatic amines is 1. The fourth-order valence-electron chi connectivity index (χ4n) is 10.2. The molecule has 0 aliphatic carbocycles. The molecule has 5 aromatic rings. The summed E-state index contributed by atoms with van der Waals surface area (Å²) in [7, 11) is 0. The third kappa shape index (κ3) is 19.0. The Morgan fingerprint density at radius 1 is 0.576 bits per heavy atom. The van der Waals surface area contributed by atoms with Gasteiger partial charge in [-0.2, -0.15) is 0 Å². The molecular weight excluding hydrogens is 1090 g/mol. The van der Waals surface area contributed by atoms with E-state index in [2.05, 4.69) is 42.2 Å². The molecule has 4 aromatic carbocycles. The Balaban J connectivity index is 1.25. The van der Waals surface area contributed by atoms with Crippen LogP contribution in [0.5, 0.6) is 0 Å². The molecule has 0 spiro atoms. The summed E-state index contributed by atoms with van der Waals surface area (Å²) in [5.74, 6) is -10.2. The second kappa shape index (κ2) is 31.6. The number of aromatic nitrogens is 1. The van der Waals surface area contributed by atoms with Crippen molar-refractivity contribution < 1.29 is 63.3 Å². The summed E-state index contributed by atoms with van der Waals surface area (Å²) in [5, 5.41) is 49.4. The quantitative estimate of drug-likeness (QED) is 0.0301. The van der Waals surface area contributed by atoms with Gasteiger partial charge in [-0.1, -0.05) is 143 Å². The fraction of sp³-hybridized carbons (Fsp3) is 0.419. The molecule has 0 unspecified atom stereocenters. The monoisotopic (exact) mass is 1170 g/mol. The Hall–Kier alpha value is -8.96. The van der Waals surface area contributed by atoms with Gasteiger partial charge in [-0.15, -0.1) is 0 Å². The van der Waals surface area contributed by atoms with E-state index in [0.717, 1.165) is 5.56 Å². The van der Waals surface area contributed by atoms with Gasteiger partial charge in [0.15, 0.2) is 0 Å². The highest BCUT2D eigenvalue weighted by Gasteiger charge is 2.41. The number of aliphatic hydroxyl groups is 1. The zero-order valence-electron chi connectivity index (χ0n) is 48.1. The summed E-state index contributed by atoms with van der Waals surface area (Å²) in [6.45, 7) is 6.18. The van der Waals surface area contributed by atoms with E-state index in [9.17, 15) is 63.3 Å². The van der Waals surface area contributed by atoms with E-state index in [0.29, 0.717) is 40.4 Å². The van der Waals surface area contributed by atoms with Crippen molar-refractivity contribution in [3.05, 3.63) is 144 Å². The van der Waals surface area contributed by atoms with E-state index in [1.165, 1.54) is 4.90 Å². The number of carbonyl (C=O) groups is 10. The van der Waals surface area contributed by atoms with Gasteiger partial charge in [-0.05, 0) is 65.8 Å². The highest BCUT2D eigenvalue weighted by Crippen LogP contribution is 2.22. The summed E-state index contributed by atoms with van der Waals surface area (Å²) in [6.07, 6.45) is 1.42. The summed E-state index contributed by atoms with van der Waals surface area (Å²) >= 11 is 0. The molecule has 0 bridgehead atoms. The topological polar surface area (TPSA) is 361 Å². The van der Waals surface area contributed by atoms with Crippen molar-refractivity contribution in [3.8, 4) is 0 Å². The van der Waals surface area contributed by atoms with Crippen LogP contribution in [-0.2, 0) is 73.6 Å². The van der Waals surface area contributed by atoms with Crippen molar-refractivity contribution in [2.75, 3.05) is 13.2 Å². The zero-order chi connectivity index (χ0) is 61.7. The van der Waals surface area contributed by atoms with Crippen LogP contribution in [0.3, 0.4) is 0 Å². The molecule has 1 aliphatic heterocycles. The van der Waals surface area contributed by atoms with Crippen molar-refractivity contribution in [1.29, 1.82) is 0 Å². The molecule has 23 nitrogen and oxygen atoms in total. The van der Waals surface area contributed by atoms with Crippen LogP contribution < -0.4 is 43.0 Å². The van der Waals surface area contributed by atoms with Crippen molar-refractivity contribution in [1.82, 2.24) is 47.1 Å². The van der Waals surface area contributed by atoms with Gasteiger partial charge in [0.25, 0.3) is 0 Å². The van der Waals surface area contributed by atoms with Crippen molar-refractivity contribution in [2.24, 2.45) is 17.6 Å². The van der Waals surface area contributed by atoms with E-state index < -0.39 is 133 Å². The number of aliphatic carboxylic acids is 2. The number of nitrogens with two attached hydrogens (primary N) is 1. The number of hydrogen-bond donors (Lipinski definition) is 12. The largest absolute Gasteiger partial charge is 0.481 e. The SMILES string of the molecule is CC[C@H](C)[C@H](NC(=O)[C@H](CC(=O)O)NC(=O)[C@H](Cc1ccccc1)NC(=O)[C@H](Cc1c[nH]c2ccccc12)NC(=O)[C@H](Cc1ccccc1)NC(=O)[C@@H]1CCCN1C(=O)[C@H](CO)NC(=O)[C@H](CC(C)C)NC(=O)[C@@H](N)Cc1ccccc1)C(=O)O. The number of nitrogens with zero attached hydrogens (tertiary/aromatic N) is 1. The van der Waals surface area contributed by atoms with Gasteiger partial charge >= 0.3 is 11.9 Å². The van der Waals surface area contributed by atoms with E-state index in [1.54, 1.807) is 98.9 Å². The van der Waals surface area contributed by atoms with Crippen LogP contribution in [0.1, 0.15) is 82.1 Å². The lowest BCUT2D eigenvalue weighted by Crippen LogP contribution is -2.61. The van der Waals surface area contributed by atoms with Gasteiger partial charge in [0.1, 0.15) is 48.3 Å². The molecule has 6 rings (SSSR count). The number of nitrogens with one attached hydrogen (secondary N) is 8. The Morgan fingerprint density at radius 2 is 1.05 bits per heavy atom. The molecule has 0 saturated carbocycles. The summed E-state index contributed by atoms with van der Waals surface area (Å²) in [4.78, 5) is 143. The molecule has 8 amide bonds. The first-order valence-electron chi connectivity index (χ1n) is 28.6. The third-order valence-electron chi connectivity index (χ3n) is 15.0. The third-order valence-corrected chi connectivity index (χ3v) is 15.0. The van der Waals surface area contributed by atoms with Crippen molar-refractivity contribution in [2.45, 2.75) is 140 Å². The predicted molar refractivity (Wildman–Crippen MR) is 315 cm³/mol. The first-order valence-corrected chi connectivity index (χ1v) is 28.6. The summed E-state index contributed by atoms with van der Waals surface area (Å²) in [6, 6.07) is 21.0. The number of H-pyrrole nitrogens is 1. The molecule has 2 heterocycles. The lowest BCUT2D eigenvalue weighted by Gasteiger charge is -2.31. The number of hydrogen-bond acceptors (Lipinski definition) is 12.